The quantitative estimate of drug-likeness (QED) is 0.0261. The summed E-state index contributed by atoms with van der Waals surface area (Å²) in [5, 5.41) is 0. The molecule has 0 aromatic carbocycles. The lowest BCUT2D eigenvalue weighted by Crippen LogP contribution is -2.30. The Morgan fingerprint density at radius 2 is 0.480 bits per heavy atom. The van der Waals surface area contributed by atoms with Gasteiger partial charge in [-0.05, 0) is 103 Å². The number of carbonyl (C=O) groups is 3. The smallest absolute Gasteiger partial charge is 0.306 e. The molecule has 6 nitrogen and oxygen atoms in total. The first kappa shape index (κ1) is 72.4. The summed E-state index contributed by atoms with van der Waals surface area (Å²) in [7, 11) is 0. The van der Waals surface area contributed by atoms with Gasteiger partial charge >= 0.3 is 17.9 Å². The van der Waals surface area contributed by atoms with Crippen molar-refractivity contribution >= 4 is 17.9 Å². The largest absolute Gasteiger partial charge is 0.462 e. The molecule has 0 saturated heterocycles. The van der Waals surface area contributed by atoms with Crippen LogP contribution >= 0.6 is 0 Å². The van der Waals surface area contributed by atoms with E-state index in [0.717, 1.165) is 70.6 Å². The maximum absolute atomic E-state index is 12.9. The van der Waals surface area contributed by atoms with E-state index in [2.05, 4.69) is 69.4 Å². The van der Waals surface area contributed by atoms with E-state index in [-0.39, 0.29) is 31.1 Å². The van der Waals surface area contributed by atoms with Gasteiger partial charge in [-0.2, -0.15) is 0 Å². The molecule has 0 aliphatic heterocycles. The van der Waals surface area contributed by atoms with Crippen molar-refractivity contribution in [2.24, 2.45) is 0 Å². The zero-order chi connectivity index (χ0) is 54.3. The van der Waals surface area contributed by atoms with Gasteiger partial charge in [-0.1, -0.05) is 281 Å². The molecule has 0 bridgehead atoms. The maximum Gasteiger partial charge on any atom is 0.306 e. The minimum absolute atomic E-state index is 0.0751. The Bertz CT molecular complexity index is 1300. The van der Waals surface area contributed by atoms with Crippen LogP contribution in [0.1, 0.15) is 355 Å². The van der Waals surface area contributed by atoms with Gasteiger partial charge in [0.05, 0.1) is 0 Å². The van der Waals surface area contributed by atoms with Gasteiger partial charge in [-0.15, -0.1) is 0 Å². The average Bonchev–Trinajstić information content (AvgIpc) is 3.41. The van der Waals surface area contributed by atoms with Crippen molar-refractivity contribution in [1.82, 2.24) is 0 Å². The van der Waals surface area contributed by atoms with Crippen LogP contribution in [0, 0.1) is 0 Å². The number of hydrogen-bond donors (Lipinski definition) is 0. The van der Waals surface area contributed by atoms with Crippen molar-refractivity contribution < 1.29 is 28.6 Å². The average molecular weight is 1050 g/mol. The zero-order valence-corrected chi connectivity index (χ0v) is 50.3. The number of esters is 3. The molecule has 0 rings (SSSR count). The third-order valence-electron chi connectivity index (χ3n) is 14.8. The lowest BCUT2D eigenvalue weighted by atomic mass is 10.0. The second-order valence-corrected chi connectivity index (χ2v) is 22.4. The van der Waals surface area contributed by atoms with Crippen LogP contribution in [0.15, 0.2) is 48.6 Å². The van der Waals surface area contributed by atoms with Crippen molar-refractivity contribution in [3.8, 4) is 0 Å². The van der Waals surface area contributed by atoms with Gasteiger partial charge in [0.2, 0.25) is 0 Å². The second kappa shape index (κ2) is 63.9. The molecule has 0 heterocycles. The van der Waals surface area contributed by atoms with Crippen molar-refractivity contribution in [3.05, 3.63) is 48.6 Å². The molecule has 0 fully saturated rings. The molecule has 438 valence electrons. The van der Waals surface area contributed by atoms with Gasteiger partial charge in [-0.3, -0.25) is 14.4 Å². The number of hydrogen-bond acceptors (Lipinski definition) is 6. The van der Waals surface area contributed by atoms with E-state index in [1.54, 1.807) is 0 Å². The summed E-state index contributed by atoms with van der Waals surface area (Å²) in [6.07, 6.45) is 79.8. The number of ether oxygens (including phenoxy) is 3. The zero-order valence-electron chi connectivity index (χ0n) is 50.3. The highest BCUT2D eigenvalue weighted by Gasteiger charge is 2.19. The molecular weight excluding hydrogens is 925 g/mol. The highest BCUT2D eigenvalue weighted by atomic mass is 16.6. The van der Waals surface area contributed by atoms with Crippen LogP contribution in [0.5, 0.6) is 0 Å². The Labute approximate surface area is 467 Å². The van der Waals surface area contributed by atoms with E-state index in [4.69, 9.17) is 14.2 Å². The van der Waals surface area contributed by atoms with Crippen LogP contribution in [0.4, 0.5) is 0 Å². The van der Waals surface area contributed by atoms with E-state index in [9.17, 15) is 14.4 Å². The highest BCUT2D eigenvalue weighted by Crippen LogP contribution is 2.17. The Kier molecular flexibility index (Phi) is 61.7. The normalized spacial score (nSPS) is 12.3. The van der Waals surface area contributed by atoms with E-state index < -0.39 is 6.10 Å². The standard InChI is InChI=1S/C69H126O6/c1-4-7-10-13-16-19-22-25-27-29-31-33-34-36-37-39-41-44-47-50-53-56-59-62-68(71)74-65-66(64-73-67(70)61-58-55-52-49-46-43-24-21-18-15-12-9-6-3)75-69(72)63-60-57-54-51-48-45-42-40-38-35-32-30-28-26-23-20-17-14-11-8-5-2/h21-22,24-25,29-32,66H,4-20,23,26-28,33-65H2,1-3H3/b24-21-,25-22-,31-29-,32-30-. The summed E-state index contributed by atoms with van der Waals surface area (Å²) < 4.78 is 16.9. The number of rotatable bonds is 61. The Hall–Kier alpha value is -2.63. The first-order valence-electron chi connectivity index (χ1n) is 33.1. The van der Waals surface area contributed by atoms with Crippen LogP contribution < -0.4 is 0 Å². The molecule has 0 aliphatic rings. The Morgan fingerprint density at radius 3 is 0.760 bits per heavy atom. The summed E-state index contributed by atoms with van der Waals surface area (Å²) in [5.41, 5.74) is 0. The van der Waals surface area contributed by atoms with Crippen molar-refractivity contribution in [2.75, 3.05) is 13.2 Å². The molecule has 1 unspecified atom stereocenters. The predicted molar refractivity (Wildman–Crippen MR) is 325 cm³/mol. The predicted octanol–water partition coefficient (Wildman–Crippen LogP) is 22.6. The molecule has 0 spiro atoms. The SMILES string of the molecule is CCCCCC/C=C\CCCCCCCC(=O)OCC(COC(=O)CCCCCCCCCCCCC/C=C\C/C=C\CCCCCCC)OC(=O)CCCCCCCCCCC/C=C\CCCCCCCCCC. The number of unbranched alkanes of at least 4 members (excludes halogenated alkanes) is 42. The van der Waals surface area contributed by atoms with Crippen LogP contribution in [-0.4, -0.2) is 37.2 Å². The molecule has 0 aliphatic carbocycles. The fraction of sp³-hybridized carbons (Fsp3) is 0.841. The number of carbonyl (C=O) groups excluding carboxylic acids is 3. The third-order valence-corrected chi connectivity index (χ3v) is 14.8. The molecule has 0 aromatic rings. The van der Waals surface area contributed by atoms with Crippen molar-refractivity contribution in [1.29, 1.82) is 0 Å². The second-order valence-electron chi connectivity index (χ2n) is 22.4. The molecule has 0 amide bonds. The maximum atomic E-state index is 12.9. The van der Waals surface area contributed by atoms with E-state index in [0.29, 0.717) is 19.3 Å². The molecule has 75 heavy (non-hydrogen) atoms. The first-order chi connectivity index (χ1) is 37.0. The summed E-state index contributed by atoms with van der Waals surface area (Å²) in [6, 6.07) is 0. The third kappa shape index (κ3) is 62.1. The van der Waals surface area contributed by atoms with Gasteiger partial charge in [-0.25, -0.2) is 0 Å². The molecule has 0 radical (unpaired) electrons. The summed E-state index contributed by atoms with van der Waals surface area (Å²) >= 11 is 0. The van der Waals surface area contributed by atoms with Gasteiger partial charge in [0, 0.05) is 19.3 Å². The van der Waals surface area contributed by atoms with Crippen molar-refractivity contribution in [2.45, 2.75) is 361 Å². The van der Waals surface area contributed by atoms with Crippen LogP contribution in [-0.2, 0) is 28.6 Å². The van der Waals surface area contributed by atoms with Gasteiger partial charge < -0.3 is 14.2 Å². The monoisotopic (exact) mass is 1050 g/mol. The topological polar surface area (TPSA) is 78.9 Å². The van der Waals surface area contributed by atoms with Crippen LogP contribution in [0.3, 0.4) is 0 Å². The van der Waals surface area contributed by atoms with E-state index in [1.807, 2.05) is 0 Å². The number of allylic oxidation sites excluding steroid dienone is 8. The van der Waals surface area contributed by atoms with Crippen LogP contribution in [0.25, 0.3) is 0 Å². The Morgan fingerprint density at radius 1 is 0.267 bits per heavy atom. The summed E-state index contributed by atoms with van der Waals surface area (Å²) in [4.78, 5) is 38.3. The minimum atomic E-state index is -0.778. The summed E-state index contributed by atoms with van der Waals surface area (Å²) in [5.74, 6) is -0.868. The first-order valence-corrected chi connectivity index (χ1v) is 33.1. The van der Waals surface area contributed by atoms with Crippen molar-refractivity contribution in [3.63, 3.8) is 0 Å². The molecule has 0 N–H and O–H groups in total. The van der Waals surface area contributed by atoms with E-state index >= 15 is 0 Å². The lowest BCUT2D eigenvalue weighted by Gasteiger charge is -2.18. The highest BCUT2D eigenvalue weighted by molar-refractivity contribution is 5.71. The fourth-order valence-corrected chi connectivity index (χ4v) is 9.76. The minimum Gasteiger partial charge on any atom is -0.462 e. The summed E-state index contributed by atoms with van der Waals surface area (Å²) in [6.45, 7) is 6.66. The van der Waals surface area contributed by atoms with Crippen LogP contribution in [0.2, 0.25) is 0 Å². The molecule has 0 aromatic heterocycles. The van der Waals surface area contributed by atoms with Gasteiger partial charge in [0.15, 0.2) is 6.10 Å². The van der Waals surface area contributed by atoms with Gasteiger partial charge in [0.1, 0.15) is 13.2 Å². The molecule has 1 atom stereocenters. The molecular formula is C69H126O6. The Balaban J connectivity index is 4.29. The molecule has 0 saturated carbocycles. The lowest BCUT2D eigenvalue weighted by molar-refractivity contribution is -0.167. The molecule has 6 heteroatoms. The van der Waals surface area contributed by atoms with Gasteiger partial charge in [0.25, 0.3) is 0 Å². The van der Waals surface area contributed by atoms with E-state index in [1.165, 1.54) is 244 Å². The fourth-order valence-electron chi connectivity index (χ4n) is 9.76.